The molecule has 1 N–H and O–H groups in total. The number of rotatable bonds is 4. The van der Waals surface area contributed by atoms with Crippen LogP contribution in [0, 0.1) is 11.7 Å². The van der Waals surface area contributed by atoms with Crippen LogP contribution in [-0.2, 0) is 13.0 Å². The van der Waals surface area contributed by atoms with Crippen LogP contribution < -0.4 is 5.56 Å². The molecule has 7 heteroatoms. The largest absolute Gasteiger partial charge is 0.464 e. The molecule has 0 aromatic carbocycles. The van der Waals surface area contributed by atoms with E-state index in [9.17, 15) is 4.79 Å². The molecule has 0 spiro atoms. The van der Waals surface area contributed by atoms with Crippen LogP contribution in [0.25, 0.3) is 0 Å². The van der Waals surface area contributed by atoms with Gasteiger partial charge in [-0.3, -0.25) is 9.78 Å². The predicted molar refractivity (Wildman–Crippen MR) is 83.3 cm³/mol. The molecule has 3 rings (SSSR count). The van der Waals surface area contributed by atoms with Crippen LogP contribution >= 0.6 is 12.2 Å². The molecule has 0 unspecified atom stereocenters. The highest BCUT2D eigenvalue weighted by Crippen LogP contribution is 2.09. The summed E-state index contributed by atoms with van der Waals surface area (Å²) in [6, 6.07) is 3.79. The van der Waals surface area contributed by atoms with E-state index in [1.54, 1.807) is 23.2 Å². The van der Waals surface area contributed by atoms with Crippen molar-refractivity contribution in [3.63, 3.8) is 0 Å². The first-order chi connectivity index (χ1) is 10.6. The Morgan fingerprint density at radius 3 is 2.77 bits per heavy atom. The van der Waals surface area contributed by atoms with Crippen LogP contribution in [0.1, 0.15) is 22.6 Å². The summed E-state index contributed by atoms with van der Waals surface area (Å²) in [7, 11) is 0. The number of furan rings is 1. The van der Waals surface area contributed by atoms with E-state index < -0.39 is 0 Å². The zero-order valence-corrected chi connectivity index (χ0v) is 12.8. The van der Waals surface area contributed by atoms with E-state index in [2.05, 4.69) is 15.0 Å². The van der Waals surface area contributed by atoms with E-state index in [0.717, 1.165) is 17.1 Å². The van der Waals surface area contributed by atoms with Crippen molar-refractivity contribution in [3.8, 4) is 0 Å². The van der Waals surface area contributed by atoms with Crippen LogP contribution in [-0.4, -0.2) is 19.5 Å². The van der Waals surface area contributed by atoms with Crippen LogP contribution in [0.5, 0.6) is 0 Å². The number of nitrogens with zero attached hydrogens (tertiary/aromatic N) is 3. The van der Waals surface area contributed by atoms with Crippen molar-refractivity contribution in [3.05, 3.63) is 74.8 Å². The second kappa shape index (κ2) is 6.07. The molecule has 0 radical (unpaired) electrons. The summed E-state index contributed by atoms with van der Waals surface area (Å²) < 4.78 is 7.71. The molecular formula is C15H14N4O2S. The monoisotopic (exact) mass is 314 g/mol. The fraction of sp³-hybridized carbons (Fsp3) is 0.200. The molecule has 0 aliphatic carbocycles. The maximum Gasteiger partial charge on any atom is 0.255 e. The molecule has 0 aliphatic rings. The van der Waals surface area contributed by atoms with Gasteiger partial charge in [0, 0.05) is 30.6 Å². The van der Waals surface area contributed by atoms with Crippen molar-refractivity contribution in [2.45, 2.75) is 19.9 Å². The van der Waals surface area contributed by atoms with E-state index in [1.165, 1.54) is 6.33 Å². The smallest absolute Gasteiger partial charge is 0.255 e. The molecule has 6 nitrogen and oxygen atoms in total. The van der Waals surface area contributed by atoms with Crippen LogP contribution in [0.2, 0.25) is 0 Å². The minimum atomic E-state index is -0.194. The fourth-order valence-corrected chi connectivity index (χ4v) is 2.39. The SMILES string of the molecule is Cc1ccc(Cn2cc(Cc3cncnc3)c(=O)[nH]c2=S)o1. The molecule has 112 valence electrons. The number of aryl methyl sites for hydroxylation is 1. The highest BCUT2D eigenvalue weighted by atomic mass is 32.1. The average molecular weight is 314 g/mol. The maximum absolute atomic E-state index is 12.1. The molecule has 3 aromatic heterocycles. The number of aromatic nitrogens is 4. The second-order valence-corrected chi connectivity index (χ2v) is 5.36. The molecule has 3 aromatic rings. The summed E-state index contributed by atoms with van der Waals surface area (Å²) in [5.74, 6) is 1.63. The van der Waals surface area contributed by atoms with Crippen molar-refractivity contribution in [1.82, 2.24) is 19.5 Å². The third kappa shape index (κ3) is 3.20. The summed E-state index contributed by atoms with van der Waals surface area (Å²) in [4.78, 5) is 22.7. The zero-order chi connectivity index (χ0) is 15.5. The molecule has 0 bridgehead atoms. The van der Waals surface area contributed by atoms with E-state index in [4.69, 9.17) is 16.6 Å². The van der Waals surface area contributed by atoms with Crippen molar-refractivity contribution in [2.24, 2.45) is 0 Å². The van der Waals surface area contributed by atoms with Gasteiger partial charge >= 0.3 is 0 Å². The van der Waals surface area contributed by atoms with Gasteiger partial charge in [-0.1, -0.05) is 0 Å². The Morgan fingerprint density at radius 1 is 1.32 bits per heavy atom. The third-order valence-electron chi connectivity index (χ3n) is 3.22. The van der Waals surface area contributed by atoms with Gasteiger partial charge in [0.2, 0.25) is 0 Å². The van der Waals surface area contributed by atoms with Gasteiger partial charge in [-0.05, 0) is 36.8 Å². The molecule has 0 saturated carbocycles. The van der Waals surface area contributed by atoms with Crippen LogP contribution in [0.4, 0.5) is 0 Å². The Bertz CT molecular complexity index is 896. The Labute approximate surface area is 131 Å². The van der Waals surface area contributed by atoms with Crippen molar-refractivity contribution < 1.29 is 4.42 Å². The molecule has 0 fully saturated rings. The molecule has 22 heavy (non-hydrogen) atoms. The Kier molecular flexibility index (Phi) is 3.97. The van der Waals surface area contributed by atoms with Gasteiger partial charge in [0.25, 0.3) is 5.56 Å². The van der Waals surface area contributed by atoms with Gasteiger partial charge in [-0.2, -0.15) is 0 Å². The van der Waals surface area contributed by atoms with Crippen LogP contribution in [0.15, 0.2) is 46.3 Å². The maximum atomic E-state index is 12.1. The summed E-state index contributed by atoms with van der Waals surface area (Å²) in [5.41, 5.74) is 1.28. The molecule has 0 saturated heterocycles. The van der Waals surface area contributed by atoms with Crippen LogP contribution in [0.3, 0.4) is 0 Å². The average Bonchev–Trinajstić information content (AvgIpc) is 2.90. The quantitative estimate of drug-likeness (QED) is 0.747. The molecule has 0 atom stereocenters. The summed E-state index contributed by atoms with van der Waals surface area (Å²) in [5, 5.41) is 0. The summed E-state index contributed by atoms with van der Waals surface area (Å²) >= 11 is 5.21. The van der Waals surface area contributed by atoms with E-state index in [1.807, 2.05) is 19.1 Å². The second-order valence-electron chi connectivity index (χ2n) is 4.98. The van der Waals surface area contributed by atoms with Gasteiger partial charge in [0.05, 0.1) is 6.54 Å². The number of H-pyrrole nitrogens is 1. The summed E-state index contributed by atoms with van der Waals surface area (Å²) in [6.07, 6.45) is 7.04. The van der Waals surface area contributed by atoms with Gasteiger partial charge in [-0.15, -0.1) is 0 Å². The highest BCUT2D eigenvalue weighted by molar-refractivity contribution is 7.71. The Balaban J connectivity index is 1.93. The number of nitrogens with one attached hydrogen (secondary N) is 1. The zero-order valence-electron chi connectivity index (χ0n) is 11.9. The van der Waals surface area contributed by atoms with Gasteiger partial charge < -0.3 is 8.98 Å². The van der Waals surface area contributed by atoms with Crippen molar-refractivity contribution >= 4 is 12.2 Å². The lowest BCUT2D eigenvalue weighted by Crippen LogP contribution is -2.18. The normalized spacial score (nSPS) is 10.8. The standard InChI is InChI=1S/C15H14N4O2S/c1-10-2-3-13(21-10)8-19-7-12(14(20)18-15(19)22)4-11-5-16-9-17-6-11/h2-3,5-7,9H,4,8H2,1H3,(H,18,20,22). The first-order valence-corrected chi connectivity index (χ1v) is 7.14. The minimum Gasteiger partial charge on any atom is -0.464 e. The lowest BCUT2D eigenvalue weighted by Gasteiger charge is -2.07. The number of hydrogen-bond donors (Lipinski definition) is 1. The minimum absolute atomic E-state index is 0.194. The molecule has 3 heterocycles. The van der Waals surface area contributed by atoms with Gasteiger partial charge in [-0.25, -0.2) is 9.97 Å². The Morgan fingerprint density at radius 2 is 2.09 bits per heavy atom. The van der Waals surface area contributed by atoms with Crippen molar-refractivity contribution in [2.75, 3.05) is 0 Å². The molecule has 0 aliphatic heterocycles. The summed E-state index contributed by atoms with van der Waals surface area (Å²) in [6.45, 7) is 2.36. The number of aromatic amines is 1. The number of hydrogen-bond acceptors (Lipinski definition) is 5. The van der Waals surface area contributed by atoms with E-state index >= 15 is 0 Å². The fourth-order valence-electron chi connectivity index (χ4n) is 2.18. The predicted octanol–water partition coefficient (Wildman–Crippen LogP) is 2.24. The molecular weight excluding hydrogens is 300 g/mol. The van der Waals surface area contributed by atoms with Gasteiger partial charge in [0.1, 0.15) is 17.8 Å². The molecule has 0 amide bonds. The third-order valence-corrected chi connectivity index (χ3v) is 3.55. The van der Waals surface area contributed by atoms with Crippen molar-refractivity contribution in [1.29, 1.82) is 0 Å². The van der Waals surface area contributed by atoms with E-state index in [0.29, 0.717) is 23.3 Å². The lowest BCUT2D eigenvalue weighted by atomic mass is 10.1. The van der Waals surface area contributed by atoms with Gasteiger partial charge in [0.15, 0.2) is 4.77 Å². The topological polar surface area (TPSA) is 76.7 Å². The first kappa shape index (κ1) is 14.4. The Hall–Kier alpha value is -2.54. The lowest BCUT2D eigenvalue weighted by molar-refractivity contribution is 0.466. The first-order valence-electron chi connectivity index (χ1n) is 6.73. The van der Waals surface area contributed by atoms with E-state index in [-0.39, 0.29) is 5.56 Å². The highest BCUT2D eigenvalue weighted by Gasteiger charge is 2.07.